The summed E-state index contributed by atoms with van der Waals surface area (Å²) < 4.78 is 1.62. The fourth-order valence-corrected chi connectivity index (χ4v) is 3.37. The standard InChI is InChI=1S/C17H15N5OS/c1-10-12(3)24-17(13(10)8-18)21-16(23)14-9-20-22(11(14)2)15-6-4-5-7-19-15/h4-7,9H,1-3H3,(H,21,23). The second-order valence-electron chi connectivity index (χ2n) is 5.30. The average Bonchev–Trinajstić information content (AvgIpc) is 3.09. The Kier molecular flexibility index (Phi) is 4.15. The normalized spacial score (nSPS) is 10.4. The highest BCUT2D eigenvalue weighted by molar-refractivity contribution is 7.16. The van der Waals surface area contributed by atoms with E-state index in [0.717, 1.165) is 10.4 Å². The Labute approximate surface area is 143 Å². The van der Waals surface area contributed by atoms with Gasteiger partial charge in [0.05, 0.1) is 23.0 Å². The number of nitriles is 1. The number of nitrogens with one attached hydrogen (secondary N) is 1. The van der Waals surface area contributed by atoms with Crippen molar-refractivity contribution >= 4 is 22.2 Å². The third-order valence-electron chi connectivity index (χ3n) is 3.84. The van der Waals surface area contributed by atoms with Crippen molar-refractivity contribution in [2.75, 3.05) is 5.32 Å². The molecule has 0 saturated heterocycles. The number of amides is 1. The van der Waals surface area contributed by atoms with Gasteiger partial charge in [0, 0.05) is 11.1 Å². The van der Waals surface area contributed by atoms with Crippen LogP contribution >= 0.6 is 11.3 Å². The summed E-state index contributed by atoms with van der Waals surface area (Å²) in [6, 6.07) is 7.65. The van der Waals surface area contributed by atoms with Crippen molar-refractivity contribution in [3.63, 3.8) is 0 Å². The van der Waals surface area contributed by atoms with Gasteiger partial charge in [-0.3, -0.25) is 4.79 Å². The lowest BCUT2D eigenvalue weighted by Gasteiger charge is -2.05. The summed E-state index contributed by atoms with van der Waals surface area (Å²) in [6.07, 6.45) is 3.19. The highest BCUT2D eigenvalue weighted by atomic mass is 32.1. The second-order valence-corrected chi connectivity index (χ2v) is 6.52. The maximum absolute atomic E-state index is 12.6. The van der Waals surface area contributed by atoms with Crippen LogP contribution in [0.15, 0.2) is 30.6 Å². The Morgan fingerprint density at radius 1 is 1.33 bits per heavy atom. The maximum Gasteiger partial charge on any atom is 0.259 e. The number of carbonyl (C=O) groups is 1. The Hall–Kier alpha value is -2.98. The zero-order chi connectivity index (χ0) is 17.3. The van der Waals surface area contributed by atoms with Crippen LogP contribution in [0.1, 0.15) is 32.1 Å². The molecule has 6 nitrogen and oxygen atoms in total. The molecule has 3 aromatic rings. The lowest BCUT2D eigenvalue weighted by atomic mass is 10.2. The first-order valence-electron chi connectivity index (χ1n) is 7.30. The van der Waals surface area contributed by atoms with Gasteiger partial charge in [-0.1, -0.05) is 6.07 Å². The van der Waals surface area contributed by atoms with E-state index in [2.05, 4.69) is 21.5 Å². The lowest BCUT2D eigenvalue weighted by molar-refractivity contribution is 0.102. The van der Waals surface area contributed by atoms with Crippen LogP contribution in [0.4, 0.5) is 5.00 Å². The SMILES string of the molecule is Cc1sc(NC(=O)c2cnn(-c3ccccn3)c2C)c(C#N)c1C. The van der Waals surface area contributed by atoms with Crippen LogP contribution in [0.25, 0.3) is 5.82 Å². The van der Waals surface area contributed by atoms with Crippen LogP contribution in [0.5, 0.6) is 0 Å². The van der Waals surface area contributed by atoms with Gasteiger partial charge in [0.2, 0.25) is 0 Å². The average molecular weight is 337 g/mol. The van der Waals surface area contributed by atoms with Gasteiger partial charge in [-0.15, -0.1) is 11.3 Å². The number of nitrogens with zero attached hydrogens (tertiary/aromatic N) is 4. The van der Waals surface area contributed by atoms with E-state index in [-0.39, 0.29) is 5.91 Å². The molecule has 0 atom stereocenters. The van der Waals surface area contributed by atoms with E-state index in [4.69, 9.17) is 0 Å². The van der Waals surface area contributed by atoms with E-state index < -0.39 is 0 Å². The number of anilines is 1. The summed E-state index contributed by atoms with van der Waals surface area (Å²) in [5.41, 5.74) is 2.56. The molecule has 3 rings (SSSR count). The minimum absolute atomic E-state index is 0.285. The molecule has 120 valence electrons. The van der Waals surface area contributed by atoms with E-state index in [9.17, 15) is 10.1 Å². The molecule has 0 radical (unpaired) electrons. The first-order valence-corrected chi connectivity index (χ1v) is 8.12. The number of aryl methyl sites for hydroxylation is 1. The van der Waals surface area contributed by atoms with Crippen molar-refractivity contribution in [3.05, 3.63) is 57.9 Å². The maximum atomic E-state index is 12.6. The largest absolute Gasteiger partial charge is 0.312 e. The molecule has 0 aliphatic rings. The van der Waals surface area contributed by atoms with Crippen LogP contribution in [-0.4, -0.2) is 20.7 Å². The molecule has 3 aromatic heterocycles. The molecule has 0 aliphatic heterocycles. The number of aromatic nitrogens is 3. The third kappa shape index (κ3) is 2.68. The van der Waals surface area contributed by atoms with Gasteiger partial charge in [0.15, 0.2) is 5.82 Å². The molecular weight excluding hydrogens is 322 g/mol. The summed E-state index contributed by atoms with van der Waals surface area (Å²) in [6.45, 7) is 5.62. The smallest absolute Gasteiger partial charge is 0.259 e. The zero-order valence-electron chi connectivity index (χ0n) is 13.5. The first kappa shape index (κ1) is 15.9. The van der Waals surface area contributed by atoms with E-state index >= 15 is 0 Å². The number of thiophene rings is 1. The number of rotatable bonds is 3. The summed E-state index contributed by atoms with van der Waals surface area (Å²) in [4.78, 5) is 17.8. The van der Waals surface area contributed by atoms with E-state index in [1.165, 1.54) is 17.5 Å². The van der Waals surface area contributed by atoms with Crippen molar-refractivity contribution in [1.29, 1.82) is 5.26 Å². The second kappa shape index (κ2) is 6.26. The quantitative estimate of drug-likeness (QED) is 0.794. The molecule has 0 aromatic carbocycles. The van der Waals surface area contributed by atoms with Gasteiger partial charge in [-0.2, -0.15) is 10.4 Å². The molecule has 0 fully saturated rings. The zero-order valence-corrected chi connectivity index (χ0v) is 14.3. The molecule has 0 spiro atoms. The van der Waals surface area contributed by atoms with Crippen molar-refractivity contribution in [2.24, 2.45) is 0 Å². The molecular formula is C17H15N5OS. The minimum atomic E-state index is -0.285. The molecule has 1 N–H and O–H groups in total. The number of carbonyl (C=O) groups excluding carboxylic acids is 1. The molecule has 7 heteroatoms. The lowest BCUT2D eigenvalue weighted by Crippen LogP contribution is -2.13. The van der Waals surface area contributed by atoms with Gasteiger partial charge in [-0.25, -0.2) is 9.67 Å². The van der Waals surface area contributed by atoms with E-state index in [1.54, 1.807) is 10.9 Å². The Morgan fingerprint density at radius 3 is 2.79 bits per heavy atom. The highest BCUT2D eigenvalue weighted by Crippen LogP contribution is 2.32. The van der Waals surface area contributed by atoms with Gasteiger partial charge in [0.25, 0.3) is 5.91 Å². The van der Waals surface area contributed by atoms with Gasteiger partial charge < -0.3 is 5.32 Å². The molecule has 0 saturated carbocycles. The topological polar surface area (TPSA) is 83.6 Å². The monoisotopic (exact) mass is 337 g/mol. The van der Waals surface area contributed by atoms with Crippen molar-refractivity contribution < 1.29 is 4.79 Å². The molecule has 3 heterocycles. The Morgan fingerprint density at radius 2 is 2.12 bits per heavy atom. The summed E-state index contributed by atoms with van der Waals surface area (Å²) in [7, 11) is 0. The Balaban J connectivity index is 1.91. The molecule has 0 bridgehead atoms. The van der Waals surface area contributed by atoms with Crippen molar-refractivity contribution in [1.82, 2.24) is 14.8 Å². The van der Waals surface area contributed by atoms with Gasteiger partial charge in [-0.05, 0) is 38.5 Å². The van der Waals surface area contributed by atoms with Crippen LogP contribution in [0, 0.1) is 32.1 Å². The summed E-state index contributed by atoms with van der Waals surface area (Å²) in [5, 5.41) is 16.9. The summed E-state index contributed by atoms with van der Waals surface area (Å²) in [5.74, 6) is 0.363. The number of hydrogen-bond acceptors (Lipinski definition) is 5. The highest BCUT2D eigenvalue weighted by Gasteiger charge is 2.19. The van der Waals surface area contributed by atoms with Crippen LogP contribution in [-0.2, 0) is 0 Å². The fourth-order valence-electron chi connectivity index (χ4n) is 2.36. The van der Waals surface area contributed by atoms with Crippen LogP contribution in [0.3, 0.4) is 0 Å². The molecule has 0 aliphatic carbocycles. The predicted molar refractivity (Wildman–Crippen MR) is 92.6 cm³/mol. The molecule has 0 unspecified atom stereocenters. The molecule has 1 amide bonds. The first-order chi connectivity index (χ1) is 11.5. The third-order valence-corrected chi connectivity index (χ3v) is 4.97. The number of hydrogen-bond donors (Lipinski definition) is 1. The fraction of sp³-hybridized carbons (Fsp3) is 0.176. The minimum Gasteiger partial charge on any atom is -0.312 e. The predicted octanol–water partition coefficient (Wildman–Crippen LogP) is 3.38. The Bertz CT molecular complexity index is 950. The van der Waals surface area contributed by atoms with Crippen LogP contribution in [0.2, 0.25) is 0 Å². The van der Waals surface area contributed by atoms with E-state index in [0.29, 0.717) is 27.6 Å². The number of pyridine rings is 1. The van der Waals surface area contributed by atoms with Gasteiger partial charge >= 0.3 is 0 Å². The van der Waals surface area contributed by atoms with Crippen molar-refractivity contribution in [2.45, 2.75) is 20.8 Å². The summed E-state index contributed by atoms with van der Waals surface area (Å²) >= 11 is 1.40. The van der Waals surface area contributed by atoms with Crippen molar-refractivity contribution in [3.8, 4) is 11.9 Å². The molecule has 24 heavy (non-hydrogen) atoms. The van der Waals surface area contributed by atoms with E-state index in [1.807, 2.05) is 39.0 Å². The van der Waals surface area contributed by atoms with Gasteiger partial charge in [0.1, 0.15) is 11.1 Å². The van der Waals surface area contributed by atoms with Crippen LogP contribution < -0.4 is 5.32 Å².